The second-order valence-electron chi connectivity index (χ2n) is 2.73. The molecule has 0 heterocycles. The molecule has 14 heavy (non-hydrogen) atoms. The zero-order valence-corrected chi connectivity index (χ0v) is 7.83. The molecule has 0 bridgehead atoms. The van der Waals surface area contributed by atoms with Gasteiger partial charge in [-0.25, -0.2) is 4.39 Å². The quantitative estimate of drug-likeness (QED) is 0.797. The van der Waals surface area contributed by atoms with E-state index in [0.29, 0.717) is 12.2 Å². The lowest BCUT2D eigenvalue weighted by Crippen LogP contribution is -2.07. The number of hydrogen-bond acceptors (Lipinski definition) is 3. The van der Waals surface area contributed by atoms with E-state index >= 15 is 0 Å². The summed E-state index contributed by atoms with van der Waals surface area (Å²) in [6.07, 6.45) is 0. The summed E-state index contributed by atoms with van der Waals surface area (Å²) in [4.78, 5) is 0. The van der Waals surface area contributed by atoms with Crippen LogP contribution in [0, 0.1) is 17.1 Å². The lowest BCUT2D eigenvalue weighted by atomic mass is 10.1. The van der Waals surface area contributed by atoms with Crippen molar-refractivity contribution in [2.45, 2.75) is 13.0 Å². The zero-order valence-electron chi connectivity index (χ0n) is 7.83. The molecule has 0 aromatic heterocycles. The molecule has 3 nitrogen and oxygen atoms in total. The van der Waals surface area contributed by atoms with E-state index in [-0.39, 0.29) is 5.75 Å². The monoisotopic (exact) mass is 194 g/mol. The van der Waals surface area contributed by atoms with E-state index in [2.05, 4.69) is 0 Å². The third-order valence-electron chi connectivity index (χ3n) is 1.75. The Morgan fingerprint density at radius 2 is 2.36 bits per heavy atom. The van der Waals surface area contributed by atoms with Crippen LogP contribution in [0.3, 0.4) is 0 Å². The van der Waals surface area contributed by atoms with E-state index in [9.17, 15) is 4.39 Å². The van der Waals surface area contributed by atoms with Crippen LogP contribution in [0.15, 0.2) is 18.2 Å². The first-order valence-electron chi connectivity index (χ1n) is 4.26. The Bertz CT molecular complexity index is 360. The summed E-state index contributed by atoms with van der Waals surface area (Å²) in [5.41, 5.74) is 5.87. The zero-order chi connectivity index (χ0) is 10.6. The Labute approximate surface area is 81.9 Å². The topological polar surface area (TPSA) is 59.0 Å². The molecule has 0 aliphatic carbocycles. The Morgan fingerprint density at radius 3 is 2.86 bits per heavy atom. The predicted octanol–water partition coefficient (Wildman–Crippen LogP) is 1.75. The summed E-state index contributed by atoms with van der Waals surface area (Å²) in [6, 6.07) is 5.32. The Kier molecular flexibility index (Phi) is 3.43. The molecule has 1 aromatic rings. The van der Waals surface area contributed by atoms with Gasteiger partial charge in [-0.1, -0.05) is 6.07 Å². The van der Waals surface area contributed by atoms with Crippen molar-refractivity contribution < 1.29 is 9.13 Å². The van der Waals surface area contributed by atoms with Crippen LogP contribution in [0.4, 0.5) is 4.39 Å². The number of nitrogens with zero attached hydrogens (tertiary/aromatic N) is 1. The maximum Gasteiger partial charge on any atom is 0.165 e. The van der Waals surface area contributed by atoms with Crippen molar-refractivity contribution in [3.05, 3.63) is 29.6 Å². The minimum atomic E-state index is -0.792. The standard InChI is InChI=1S/C10H11FN2O/c1-2-14-10-4-3-7(5-8(10)11)9(13)6-12/h3-5,9H,2,13H2,1H3. The van der Waals surface area contributed by atoms with Crippen LogP contribution in [-0.4, -0.2) is 6.61 Å². The number of nitriles is 1. The van der Waals surface area contributed by atoms with E-state index in [1.165, 1.54) is 12.1 Å². The van der Waals surface area contributed by atoms with Gasteiger partial charge in [-0.3, -0.25) is 0 Å². The van der Waals surface area contributed by atoms with Gasteiger partial charge in [0.05, 0.1) is 12.7 Å². The minimum absolute atomic E-state index is 0.182. The van der Waals surface area contributed by atoms with Gasteiger partial charge < -0.3 is 10.5 Å². The van der Waals surface area contributed by atoms with Crippen molar-refractivity contribution in [2.75, 3.05) is 6.61 Å². The van der Waals surface area contributed by atoms with Crippen LogP contribution >= 0.6 is 0 Å². The SMILES string of the molecule is CCOc1ccc(C(N)C#N)cc1F. The molecule has 2 N–H and O–H groups in total. The van der Waals surface area contributed by atoms with Crippen molar-refractivity contribution >= 4 is 0 Å². The van der Waals surface area contributed by atoms with Gasteiger partial charge in [0.1, 0.15) is 6.04 Å². The lowest BCUT2D eigenvalue weighted by Gasteiger charge is -2.07. The van der Waals surface area contributed by atoms with E-state index in [0.717, 1.165) is 0 Å². The van der Waals surface area contributed by atoms with E-state index in [1.54, 1.807) is 13.0 Å². The molecule has 74 valence electrons. The summed E-state index contributed by atoms with van der Waals surface area (Å²) in [6.45, 7) is 2.18. The highest BCUT2D eigenvalue weighted by atomic mass is 19.1. The fourth-order valence-corrected chi connectivity index (χ4v) is 1.06. The molecule has 1 atom stereocenters. The largest absolute Gasteiger partial charge is 0.491 e. The number of hydrogen-bond donors (Lipinski definition) is 1. The van der Waals surface area contributed by atoms with Crippen molar-refractivity contribution in [3.63, 3.8) is 0 Å². The van der Waals surface area contributed by atoms with Crippen LogP contribution in [0.1, 0.15) is 18.5 Å². The van der Waals surface area contributed by atoms with Crippen LogP contribution in [0.5, 0.6) is 5.75 Å². The normalized spacial score (nSPS) is 11.9. The highest BCUT2D eigenvalue weighted by Gasteiger charge is 2.08. The maximum absolute atomic E-state index is 13.2. The Morgan fingerprint density at radius 1 is 1.64 bits per heavy atom. The Hall–Kier alpha value is -1.60. The highest BCUT2D eigenvalue weighted by molar-refractivity contribution is 5.32. The van der Waals surface area contributed by atoms with Crippen LogP contribution in [0.2, 0.25) is 0 Å². The highest BCUT2D eigenvalue weighted by Crippen LogP contribution is 2.20. The molecular formula is C10H11FN2O. The summed E-state index contributed by atoms with van der Waals surface area (Å²) in [5.74, 6) is -0.309. The smallest absolute Gasteiger partial charge is 0.165 e. The van der Waals surface area contributed by atoms with E-state index < -0.39 is 11.9 Å². The van der Waals surface area contributed by atoms with Gasteiger partial charge in [-0.15, -0.1) is 0 Å². The fourth-order valence-electron chi connectivity index (χ4n) is 1.06. The fraction of sp³-hybridized carbons (Fsp3) is 0.300. The molecule has 0 aliphatic rings. The third kappa shape index (κ3) is 2.21. The second-order valence-corrected chi connectivity index (χ2v) is 2.73. The van der Waals surface area contributed by atoms with Crippen molar-refractivity contribution in [1.82, 2.24) is 0 Å². The minimum Gasteiger partial charge on any atom is -0.491 e. The van der Waals surface area contributed by atoms with Crippen molar-refractivity contribution in [3.8, 4) is 11.8 Å². The second kappa shape index (κ2) is 4.58. The molecule has 0 radical (unpaired) electrons. The molecule has 4 heteroatoms. The molecule has 0 spiro atoms. The number of rotatable bonds is 3. The number of halogens is 1. The molecular weight excluding hydrogens is 183 g/mol. The van der Waals surface area contributed by atoms with Gasteiger partial charge >= 0.3 is 0 Å². The first-order chi connectivity index (χ1) is 6.69. The molecule has 1 rings (SSSR count). The summed E-state index contributed by atoms with van der Waals surface area (Å²) < 4.78 is 18.3. The Balaban J connectivity index is 2.95. The van der Waals surface area contributed by atoms with E-state index in [1.807, 2.05) is 6.07 Å². The lowest BCUT2D eigenvalue weighted by molar-refractivity contribution is 0.321. The number of ether oxygens (including phenoxy) is 1. The van der Waals surface area contributed by atoms with Gasteiger partial charge in [-0.2, -0.15) is 5.26 Å². The van der Waals surface area contributed by atoms with Gasteiger partial charge in [-0.05, 0) is 24.6 Å². The summed E-state index contributed by atoms with van der Waals surface area (Å²) in [5, 5.41) is 8.52. The van der Waals surface area contributed by atoms with Crippen LogP contribution in [-0.2, 0) is 0 Å². The molecule has 0 aliphatic heterocycles. The third-order valence-corrected chi connectivity index (χ3v) is 1.75. The molecule has 1 unspecified atom stereocenters. The average Bonchev–Trinajstić information content (AvgIpc) is 2.20. The number of benzene rings is 1. The van der Waals surface area contributed by atoms with Gasteiger partial charge in [0.2, 0.25) is 0 Å². The van der Waals surface area contributed by atoms with Crippen molar-refractivity contribution in [1.29, 1.82) is 5.26 Å². The predicted molar refractivity (Wildman–Crippen MR) is 50.1 cm³/mol. The molecule has 1 aromatic carbocycles. The maximum atomic E-state index is 13.2. The molecule has 0 saturated carbocycles. The van der Waals surface area contributed by atoms with Gasteiger partial charge in [0.15, 0.2) is 11.6 Å². The first kappa shape index (κ1) is 10.5. The van der Waals surface area contributed by atoms with Gasteiger partial charge in [0, 0.05) is 0 Å². The summed E-state index contributed by atoms with van der Waals surface area (Å²) in [7, 11) is 0. The van der Waals surface area contributed by atoms with Crippen LogP contribution < -0.4 is 10.5 Å². The average molecular weight is 194 g/mol. The van der Waals surface area contributed by atoms with Gasteiger partial charge in [0.25, 0.3) is 0 Å². The van der Waals surface area contributed by atoms with Crippen LogP contribution in [0.25, 0.3) is 0 Å². The number of nitrogens with two attached hydrogens (primary N) is 1. The van der Waals surface area contributed by atoms with Crippen molar-refractivity contribution in [2.24, 2.45) is 5.73 Å². The molecule has 0 saturated heterocycles. The summed E-state index contributed by atoms with van der Waals surface area (Å²) >= 11 is 0. The van der Waals surface area contributed by atoms with E-state index in [4.69, 9.17) is 15.7 Å². The first-order valence-corrected chi connectivity index (χ1v) is 4.26. The molecule has 0 fully saturated rings. The molecule has 0 amide bonds.